The molecule has 0 amide bonds. The smallest absolute Gasteiger partial charge is 0.348 e. The Hall–Kier alpha value is -1.62. The van der Waals surface area contributed by atoms with Gasteiger partial charge in [-0.2, -0.15) is 0 Å². The van der Waals surface area contributed by atoms with Crippen molar-refractivity contribution >= 4 is 23.3 Å². The Kier molecular flexibility index (Phi) is 2.78. The Balaban J connectivity index is 2.21. The van der Waals surface area contributed by atoms with E-state index in [1.807, 2.05) is 0 Å². The van der Waals surface area contributed by atoms with Gasteiger partial charge < -0.3 is 9.94 Å². The zero-order chi connectivity index (χ0) is 11.7. The Morgan fingerprint density at radius 2 is 2.38 bits per heavy atom. The van der Waals surface area contributed by atoms with Gasteiger partial charge in [-0.3, -0.25) is 0 Å². The molecule has 6 heteroatoms. The van der Waals surface area contributed by atoms with E-state index in [9.17, 15) is 9.18 Å². The van der Waals surface area contributed by atoms with E-state index in [4.69, 9.17) is 16.7 Å². The van der Waals surface area contributed by atoms with Crippen molar-refractivity contribution in [2.45, 2.75) is 12.5 Å². The standard InChI is InChI=1S/C10H7ClFNO3/c11-6-2-1-5(3-7(6)12)8-4-9(10(14)15)16-13-8/h1-3,9H,4H2,(H,14,15). The lowest BCUT2D eigenvalue weighted by molar-refractivity contribution is -0.148. The van der Waals surface area contributed by atoms with Crippen LogP contribution in [0.15, 0.2) is 23.4 Å². The Bertz CT molecular complexity index is 475. The number of hydrogen-bond donors (Lipinski definition) is 1. The number of nitrogens with zero attached hydrogens (tertiary/aromatic N) is 1. The summed E-state index contributed by atoms with van der Waals surface area (Å²) in [6.45, 7) is 0. The molecule has 0 spiro atoms. The molecular weight excluding hydrogens is 237 g/mol. The molecule has 1 N–H and O–H groups in total. The molecule has 16 heavy (non-hydrogen) atoms. The number of aliphatic carboxylic acids is 1. The Labute approximate surface area is 95.3 Å². The monoisotopic (exact) mass is 243 g/mol. The molecule has 1 atom stereocenters. The van der Waals surface area contributed by atoms with Crippen molar-refractivity contribution in [3.63, 3.8) is 0 Å². The van der Waals surface area contributed by atoms with Crippen LogP contribution >= 0.6 is 11.6 Å². The van der Waals surface area contributed by atoms with Crippen LogP contribution in [0.1, 0.15) is 12.0 Å². The van der Waals surface area contributed by atoms with Gasteiger partial charge in [0.25, 0.3) is 0 Å². The molecule has 4 nitrogen and oxygen atoms in total. The molecule has 0 bridgehead atoms. The molecule has 84 valence electrons. The first kappa shape index (κ1) is 10.9. The number of benzene rings is 1. The van der Waals surface area contributed by atoms with Gasteiger partial charge in [-0.05, 0) is 12.1 Å². The van der Waals surface area contributed by atoms with E-state index >= 15 is 0 Å². The first-order valence-electron chi connectivity index (χ1n) is 4.49. The highest BCUT2D eigenvalue weighted by molar-refractivity contribution is 6.30. The maximum atomic E-state index is 13.1. The molecule has 1 aliphatic rings. The van der Waals surface area contributed by atoms with Gasteiger partial charge in [0.05, 0.1) is 10.7 Å². The summed E-state index contributed by atoms with van der Waals surface area (Å²) in [4.78, 5) is 15.3. The maximum absolute atomic E-state index is 13.1. The van der Waals surface area contributed by atoms with Gasteiger partial charge in [-0.25, -0.2) is 9.18 Å². The minimum absolute atomic E-state index is 0.0121. The lowest BCUT2D eigenvalue weighted by Crippen LogP contribution is -2.19. The van der Waals surface area contributed by atoms with Crippen molar-refractivity contribution in [2.75, 3.05) is 0 Å². The van der Waals surface area contributed by atoms with E-state index in [-0.39, 0.29) is 11.4 Å². The summed E-state index contributed by atoms with van der Waals surface area (Å²) < 4.78 is 13.1. The molecule has 2 rings (SSSR count). The second-order valence-electron chi connectivity index (χ2n) is 3.30. The average molecular weight is 244 g/mol. The Morgan fingerprint density at radius 3 is 2.94 bits per heavy atom. The zero-order valence-corrected chi connectivity index (χ0v) is 8.74. The summed E-state index contributed by atoms with van der Waals surface area (Å²) in [5.74, 6) is -1.66. The van der Waals surface area contributed by atoms with Crippen LogP contribution in [0.2, 0.25) is 5.02 Å². The van der Waals surface area contributed by atoms with Crippen molar-refractivity contribution in [3.05, 3.63) is 34.6 Å². The number of hydrogen-bond acceptors (Lipinski definition) is 3. The fourth-order valence-electron chi connectivity index (χ4n) is 1.36. The van der Waals surface area contributed by atoms with Gasteiger partial charge in [0.1, 0.15) is 5.82 Å². The third kappa shape index (κ3) is 1.99. The number of carboxylic acids is 1. The van der Waals surface area contributed by atoms with Crippen LogP contribution in [0.3, 0.4) is 0 Å². The first-order valence-corrected chi connectivity index (χ1v) is 4.86. The summed E-state index contributed by atoms with van der Waals surface area (Å²) in [5.41, 5.74) is 0.883. The summed E-state index contributed by atoms with van der Waals surface area (Å²) in [6.07, 6.45) is -0.870. The second-order valence-corrected chi connectivity index (χ2v) is 3.71. The molecule has 0 aromatic heterocycles. The highest BCUT2D eigenvalue weighted by atomic mass is 35.5. The van der Waals surface area contributed by atoms with Crippen LogP contribution in [-0.2, 0) is 9.63 Å². The van der Waals surface area contributed by atoms with Crippen molar-refractivity contribution < 1.29 is 19.1 Å². The Morgan fingerprint density at radius 1 is 1.62 bits per heavy atom. The lowest BCUT2D eigenvalue weighted by Gasteiger charge is -2.01. The molecular formula is C10H7ClFNO3. The van der Waals surface area contributed by atoms with Gasteiger partial charge in [-0.1, -0.05) is 22.8 Å². The van der Waals surface area contributed by atoms with Crippen LogP contribution in [-0.4, -0.2) is 22.9 Å². The number of rotatable bonds is 2. The topological polar surface area (TPSA) is 58.9 Å². The summed E-state index contributed by atoms with van der Waals surface area (Å²) in [5, 5.41) is 12.3. The zero-order valence-electron chi connectivity index (χ0n) is 7.98. The molecule has 1 aliphatic heterocycles. The van der Waals surface area contributed by atoms with E-state index in [1.54, 1.807) is 6.07 Å². The van der Waals surface area contributed by atoms with Crippen LogP contribution in [0.25, 0.3) is 0 Å². The molecule has 0 saturated heterocycles. The van der Waals surface area contributed by atoms with Gasteiger partial charge in [0.2, 0.25) is 6.10 Å². The maximum Gasteiger partial charge on any atom is 0.348 e. The number of oxime groups is 1. The SMILES string of the molecule is O=C(O)C1CC(c2ccc(Cl)c(F)c2)=NO1. The van der Waals surface area contributed by atoms with E-state index in [1.165, 1.54) is 12.1 Å². The van der Waals surface area contributed by atoms with Crippen molar-refractivity contribution in [2.24, 2.45) is 5.16 Å². The third-order valence-electron chi connectivity index (χ3n) is 2.20. The van der Waals surface area contributed by atoms with Gasteiger partial charge in [-0.15, -0.1) is 0 Å². The molecule has 1 aromatic carbocycles. The molecule has 0 saturated carbocycles. The molecule has 1 heterocycles. The molecule has 1 aromatic rings. The fraction of sp³-hybridized carbons (Fsp3) is 0.200. The predicted molar refractivity (Wildman–Crippen MR) is 55.1 cm³/mol. The van der Waals surface area contributed by atoms with Crippen molar-refractivity contribution in [3.8, 4) is 0 Å². The molecule has 0 fully saturated rings. The first-order chi connectivity index (χ1) is 7.58. The van der Waals surface area contributed by atoms with Crippen molar-refractivity contribution in [1.82, 2.24) is 0 Å². The fourth-order valence-corrected chi connectivity index (χ4v) is 1.47. The third-order valence-corrected chi connectivity index (χ3v) is 2.50. The van der Waals surface area contributed by atoms with Crippen molar-refractivity contribution in [1.29, 1.82) is 0 Å². The largest absolute Gasteiger partial charge is 0.478 e. The van der Waals surface area contributed by atoms with E-state index in [2.05, 4.69) is 9.99 Å². The van der Waals surface area contributed by atoms with Crippen LogP contribution in [0.4, 0.5) is 4.39 Å². The summed E-state index contributed by atoms with van der Waals surface area (Å²) in [6, 6.07) is 4.16. The number of carbonyl (C=O) groups is 1. The number of carboxylic acid groups (broad SMARTS) is 1. The van der Waals surface area contributed by atoms with Gasteiger partial charge >= 0.3 is 5.97 Å². The summed E-state index contributed by atoms with van der Waals surface area (Å²) >= 11 is 5.53. The minimum Gasteiger partial charge on any atom is -0.478 e. The molecule has 0 radical (unpaired) electrons. The normalized spacial score (nSPS) is 19.1. The van der Waals surface area contributed by atoms with Gasteiger partial charge in [0.15, 0.2) is 0 Å². The van der Waals surface area contributed by atoms with E-state index < -0.39 is 17.9 Å². The molecule has 0 aliphatic carbocycles. The van der Waals surface area contributed by atoms with E-state index in [0.717, 1.165) is 0 Å². The predicted octanol–water partition coefficient (Wildman–Crippen LogP) is 2.06. The highest BCUT2D eigenvalue weighted by Gasteiger charge is 2.28. The van der Waals surface area contributed by atoms with E-state index in [0.29, 0.717) is 11.3 Å². The quantitative estimate of drug-likeness (QED) is 0.865. The van der Waals surface area contributed by atoms with Gasteiger partial charge in [0, 0.05) is 12.0 Å². The summed E-state index contributed by atoms with van der Waals surface area (Å²) in [7, 11) is 0. The lowest BCUT2D eigenvalue weighted by atomic mass is 10.1. The minimum atomic E-state index is -1.09. The number of halogens is 2. The molecule has 1 unspecified atom stereocenters. The second kappa shape index (κ2) is 4.09. The van der Waals surface area contributed by atoms with Crippen LogP contribution < -0.4 is 0 Å². The average Bonchev–Trinajstić information content (AvgIpc) is 2.71. The highest BCUT2D eigenvalue weighted by Crippen LogP contribution is 2.21. The van der Waals surface area contributed by atoms with Crippen LogP contribution in [0.5, 0.6) is 0 Å². The van der Waals surface area contributed by atoms with Crippen LogP contribution in [0, 0.1) is 5.82 Å².